The Morgan fingerprint density at radius 1 is 1.41 bits per heavy atom. The standard InChI is InChI=1S/C21H26FN3O2/c1-15(17-4-3-9-23-14-17)10-20(26)24-12-16-7-8-21(25-13-16)27-19-6-2-5-18(22)11-19/h2,5-8,11,13,15,17,23H,3-4,9-10,12,14H2,1H3,(H,24,26). The number of benzene rings is 1. The van der Waals surface area contributed by atoms with Gasteiger partial charge in [-0.1, -0.05) is 19.1 Å². The third-order valence-corrected chi connectivity index (χ3v) is 4.95. The van der Waals surface area contributed by atoms with Crippen molar-refractivity contribution in [3.63, 3.8) is 0 Å². The number of nitrogens with zero attached hydrogens (tertiary/aromatic N) is 1. The summed E-state index contributed by atoms with van der Waals surface area (Å²) in [5, 5.41) is 6.36. The maximum Gasteiger partial charge on any atom is 0.220 e. The molecule has 2 aromatic rings. The zero-order valence-corrected chi connectivity index (χ0v) is 15.6. The van der Waals surface area contributed by atoms with Gasteiger partial charge >= 0.3 is 0 Å². The Kier molecular flexibility index (Phi) is 6.76. The highest BCUT2D eigenvalue weighted by atomic mass is 19.1. The first kappa shape index (κ1) is 19.3. The summed E-state index contributed by atoms with van der Waals surface area (Å²) in [6, 6.07) is 9.47. The molecule has 3 rings (SSSR count). The van der Waals surface area contributed by atoms with E-state index in [0.29, 0.717) is 36.4 Å². The number of pyridine rings is 1. The molecule has 1 amide bonds. The Labute approximate surface area is 159 Å². The number of hydrogen-bond donors (Lipinski definition) is 2. The van der Waals surface area contributed by atoms with Crippen molar-refractivity contribution in [3.05, 3.63) is 54.0 Å². The molecule has 2 heterocycles. The van der Waals surface area contributed by atoms with Crippen LogP contribution in [0.1, 0.15) is 31.7 Å². The molecule has 1 aliphatic rings. The number of carbonyl (C=O) groups excluding carboxylic acids is 1. The van der Waals surface area contributed by atoms with Crippen LogP contribution in [0.5, 0.6) is 11.6 Å². The Balaban J connectivity index is 1.44. The van der Waals surface area contributed by atoms with Crippen LogP contribution < -0.4 is 15.4 Å². The van der Waals surface area contributed by atoms with E-state index in [1.54, 1.807) is 24.4 Å². The van der Waals surface area contributed by atoms with E-state index in [2.05, 4.69) is 22.5 Å². The molecular weight excluding hydrogens is 345 g/mol. The molecule has 1 aromatic carbocycles. The number of hydrogen-bond acceptors (Lipinski definition) is 4. The molecular formula is C21H26FN3O2. The van der Waals surface area contributed by atoms with Gasteiger partial charge in [-0.3, -0.25) is 4.79 Å². The Hall–Kier alpha value is -2.47. The molecule has 5 nitrogen and oxygen atoms in total. The van der Waals surface area contributed by atoms with Crippen LogP contribution in [0.25, 0.3) is 0 Å². The van der Waals surface area contributed by atoms with Crippen molar-refractivity contribution in [2.24, 2.45) is 11.8 Å². The monoisotopic (exact) mass is 371 g/mol. The van der Waals surface area contributed by atoms with Gasteiger partial charge in [0.15, 0.2) is 0 Å². The minimum Gasteiger partial charge on any atom is -0.439 e. The van der Waals surface area contributed by atoms with Crippen molar-refractivity contribution in [1.29, 1.82) is 0 Å². The topological polar surface area (TPSA) is 63.2 Å². The van der Waals surface area contributed by atoms with Crippen molar-refractivity contribution in [2.45, 2.75) is 32.7 Å². The van der Waals surface area contributed by atoms with Crippen LogP contribution in [0, 0.1) is 17.7 Å². The number of amides is 1. The lowest BCUT2D eigenvalue weighted by Crippen LogP contribution is -2.35. The lowest BCUT2D eigenvalue weighted by molar-refractivity contribution is -0.122. The quantitative estimate of drug-likeness (QED) is 0.780. The summed E-state index contributed by atoms with van der Waals surface area (Å²) in [5.74, 6) is 1.44. The maximum atomic E-state index is 13.2. The van der Waals surface area contributed by atoms with E-state index >= 15 is 0 Å². The summed E-state index contributed by atoms with van der Waals surface area (Å²) in [6.45, 7) is 4.67. The fraction of sp³-hybridized carbons (Fsp3) is 0.429. The van der Waals surface area contributed by atoms with Crippen LogP contribution in [0.3, 0.4) is 0 Å². The van der Waals surface area contributed by atoms with Crippen molar-refractivity contribution in [3.8, 4) is 11.6 Å². The molecule has 0 spiro atoms. The molecule has 0 bridgehead atoms. The van der Waals surface area contributed by atoms with Gasteiger partial charge in [-0.05, 0) is 55.5 Å². The second-order valence-corrected chi connectivity index (χ2v) is 7.13. The number of carbonyl (C=O) groups is 1. The smallest absolute Gasteiger partial charge is 0.220 e. The first-order chi connectivity index (χ1) is 13.1. The van der Waals surface area contributed by atoms with Gasteiger partial charge in [-0.2, -0.15) is 0 Å². The fourth-order valence-electron chi connectivity index (χ4n) is 3.32. The van der Waals surface area contributed by atoms with Crippen LogP contribution in [-0.4, -0.2) is 24.0 Å². The lowest BCUT2D eigenvalue weighted by atomic mass is 9.85. The molecule has 27 heavy (non-hydrogen) atoms. The molecule has 0 saturated carbocycles. The van der Waals surface area contributed by atoms with Crippen LogP contribution in [-0.2, 0) is 11.3 Å². The predicted molar refractivity (Wildman–Crippen MR) is 102 cm³/mol. The zero-order chi connectivity index (χ0) is 19.1. The van der Waals surface area contributed by atoms with Crippen molar-refractivity contribution >= 4 is 5.91 Å². The highest BCUT2D eigenvalue weighted by Gasteiger charge is 2.21. The first-order valence-corrected chi connectivity index (χ1v) is 9.46. The third-order valence-electron chi connectivity index (χ3n) is 4.95. The van der Waals surface area contributed by atoms with Gasteiger partial charge in [-0.25, -0.2) is 9.37 Å². The second kappa shape index (κ2) is 9.46. The molecule has 1 saturated heterocycles. The number of ether oxygens (including phenoxy) is 1. The van der Waals surface area contributed by atoms with Gasteiger partial charge in [-0.15, -0.1) is 0 Å². The largest absolute Gasteiger partial charge is 0.439 e. The zero-order valence-electron chi connectivity index (χ0n) is 15.6. The van der Waals surface area contributed by atoms with E-state index < -0.39 is 0 Å². The molecule has 0 radical (unpaired) electrons. The minimum absolute atomic E-state index is 0.0631. The Morgan fingerprint density at radius 3 is 3.00 bits per heavy atom. The maximum absolute atomic E-state index is 13.2. The minimum atomic E-state index is -0.356. The second-order valence-electron chi connectivity index (χ2n) is 7.13. The van der Waals surface area contributed by atoms with Gasteiger partial charge in [0.25, 0.3) is 0 Å². The molecule has 1 aliphatic heterocycles. The van der Waals surface area contributed by atoms with E-state index in [-0.39, 0.29) is 11.7 Å². The number of rotatable bonds is 7. The molecule has 2 atom stereocenters. The van der Waals surface area contributed by atoms with Crippen LogP contribution in [0.15, 0.2) is 42.6 Å². The summed E-state index contributed by atoms with van der Waals surface area (Å²) in [5.41, 5.74) is 0.891. The third kappa shape index (κ3) is 6.03. The predicted octanol–water partition coefficient (Wildman–Crippen LogP) is 3.66. The number of halogens is 1. The first-order valence-electron chi connectivity index (χ1n) is 9.46. The average Bonchev–Trinajstić information content (AvgIpc) is 2.68. The van der Waals surface area contributed by atoms with Crippen LogP contribution >= 0.6 is 0 Å². The van der Waals surface area contributed by atoms with E-state index in [1.165, 1.54) is 25.0 Å². The molecule has 2 N–H and O–H groups in total. The molecule has 144 valence electrons. The van der Waals surface area contributed by atoms with Crippen molar-refractivity contribution < 1.29 is 13.9 Å². The summed E-state index contributed by atoms with van der Waals surface area (Å²) < 4.78 is 18.7. The van der Waals surface area contributed by atoms with E-state index in [0.717, 1.165) is 18.7 Å². The Bertz CT molecular complexity index is 745. The van der Waals surface area contributed by atoms with Crippen molar-refractivity contribution in [1.82, 2.24) is 15.6 Å². The summed E-state index contributed by atoms with van der Waals surface area (Å²) in [7, 11) is 0. The number of aromatic nitrogens is 1. The van der Waals surface area contributed by atoms with Crippen molar-refractivity contribution in [2.75, 3.05) is 13.1 Å². The summed E-state index contributed by atoms with van der Waals surface area (Å²) in [4.78, 5) is 16.4. The van der Waals surface area contributed by atoms with Gasteiger partial charge in [0.05, 0.1) is 0 Å². The molecule has 0 aliphatic carbocycles. The summed E-state index contributed by atoms with van der Waals surface area (Å²) in [6.07, 6.45) is 4.58. The fourth-order valence-corrected chi connectivity index (χ4v) is 3.32. The SMILES string of the molecule is CC(CC(=O)NCc1ccc(Oc2cccc(F)c2)nc1)C1CCCNC1. The van der Waals surface area contributed by atoms with Gasteiger partial charge in [0.1, 0.15) is 11.6 Å². The molecule has 1 aromatic heterocycles. The average molecular weight is 371 g/mol. The number of piperidine rings is 1. The highest BCUT2D eigenvalue weighted by Crippen LogP contribution is 2.22. The van der Waals surface area contributed by atoms with E-state index in [9.17, 15) is 9.18 Å². The van der Waals surface area contributed by atoms with E-state index in [1.807, 2.05) is 6.07 Å². The molecule has 6 heteroatoms. The van der Waals surface area contributed by atoms with Crippen LogP contribution in [0.4, 0.5) is 4.39 Å². The normalized spacial score (nSPS) is 17.9. The molecule has 2 unspecified atom stereocenters. The number of nitrogens with one attached hydrogen (secondary N) is 2. The van der Waals surface area contributed by atoms with Gasteiger partial charge < -0.3 is 15.4 Å². The van der Waals surface area contributed by atoms with Crippen LogP contribution in [0.2, 0.25) is 0 Å². The molecule has 1 fully saturated rings. The summed E-state index contributed by atoms with van der Waals surface area (Å²) >= 11 is 0. The van der Waals surface area contributed by atoms with E-state index in [4.69, 9.17) is 4.74 Å². The highest BCUT2D eigenvalue weighted by molar-refractivity contribution is 5.76. The van der Waals surface area contributed by atoms with Gasteiger partial charge in [0.2, 0.25) is 11.8 Å². The lowest BCUT2D eigenvalue weighted by Gasteiger charge is -2.28. The Morgan fingerprint density at radius 2 is 2.30 bits per heavy atom. The van der Waals surface area contributed by atoms with Gasteiger partial charge in [0, 0.05) is 31.3 Å².